The number of hydrogen-bond acceptors (Lipinski definition) is 4. The molecule has 0 unspecified atom stereocenters. The Morgan fingerprint density at radius 1 is 0.949 bits per heavy atom. The van der Waals surface area contributed by atoms with Crippen molar-refractivity contribution in [1.82, 2.24) is 9.80 Å². The Kier molecular flexibility index (Phi) is 7.17. The third-order valence-electron chi connectivity index (χ3n) is 7.08. The monoisotopic (exact) mass is 574 g/mol. The van der Waals surface area contributed by atoms with Gasteiger partial charge in [-0.1, -0.05) is 59.6 Å². The second kappa shape index (κ2) is 10.9. The number of benzene rings is 3. The summed E-state index contributed by atoms with van der Waals surface area (Å²) in [7, 11) is 0. The van der Waals surface area contributed by atoms with Gasteiger partial charge in [0.15, 0.2) is 0 Å². The summed E-state index contributed by atoms with van der Waals surface area (Å²) in [6.07, 6.45) is 2.31. The van der Waals surface area contributed by atoms with Crippen molar-refractivity contribution in [3.05, 3.63) is 128 Å². The quantitative estimate of drug-likeness (QED) is 0.209. The first-order valence-corrected chi connectivity index (χ1v) is 14.2. The highest BCUT2D eigenvalue weighted by molar-refractivity contribution is 7.10. The number of thiophene rings is 1. The van der Waals surface area contributed by atoms with Crippen molar-refractivity contribution < 1.29 is 14.0 Å². The number of furan rings is 1. The number of halogens is 2. The summed E-state index contributed by atoms with van der Waals surface area (Å²) in [5.74, 6) is 0.205. The Morgan fingerprint density at radius 2 is 1.79 bits per heavy atom. The summed E-state index contributed by atoms with van der Waals surface area (Å²) >= 11 is 14.5. The number of fused-ring (bicyclic) bond motifs is 2. The van der Waals surface area contributed by atoms with E-state index in [0.717, 1.165) is 28.3 Å². The molecule has 3 aromatic carbocycles. The van der Waals surface area contributed by atoms with Crippen molar-refractivity contribution in [2.24, 2.45) is 0 Å². The highest BCUT2D eigenvalue weighted by atomic mass is 35.5. The molecule has 2 amide bonds. The topological polar surface area (TPSA) is 53.8 Å². The summed E-state index contributed by atoms with van der Waals surface area (Å²) < 4.78 is 5.55. The lowest BCUT2D eigenvalue weighted by Gasteiger charge is -2.38. The van der Waals surface area contributed by atoms with Gasteiger partial charge in [0.1, 0.15) is 12.3 Å². The van der Waals surface area contributed by atoms with Gasteiger partial charge in [-0.05, 0) is 76.2 Å². The van der Waals surface area contributed by atoms with Crippen LogP contribution in [0.25, 0.3) is 10.8 Å². The molecule has 0 saturated heterocycles. The van der Waals surface area contributed by atoms with Crippen LogP contribution in [-0.2, 0) is 17.8 Å². The van der Waals surface area contributed by atoms with Gasteiger partial charge in [0.05, 0.1) is 18.8 Å². The molecule has 0 spiro atoms. The first-order chi connectivity index (χ1) is 19.0. The van der Waals surface area contributed by atoms with Gasteiger partial charge < -0.3 is 14.2 Å². The maximum atomic E-state index is 14.0. The Morgan fingerprint density at radius 3 is 2.59 bits per heavy atom. The van der Waals surface area contributed by atoms with E-state index in [1.165, 1.54) is 4.88 Å². The molecule has 5 aromatic rings. The Hall–Kier alpha value is -3.58. The highest BCUT2D eigenvalue weighted by Crippen LogP contribution is 2.41. The standard InChI is InChI=1S/C31H24Cl2N2O3S/c32-23-9-10-25(27(33)17-23)30-26-12-15-39-28(26)11-13-35(30)29(36)19-34(18-24-6-3-14-38-24)31(37)22-8-7-20-4-1-2-5-21(20)16-22/h1-10,12,14-17,30H,11,13,18-19H2/t30-/m1/s1. The molecule has 1 aliphatic heterocycles. The lowest BCUT2D eigenvalue weighted by molar-refractivity contribution is -0.134. The molecule has 39 heavy (non-hydrogen) atoms. The van der Waals surface area contributed by atoms with Crippen LogP contribution in [-0.4, -0.2) is 34.7 Å². The first-order valence-electron chi connectivity index (χ1n) is 12.6. The van der Waals surface area contributed by atoms with Crippen LogP contribution in [0.5, 0.6) is 0 Å². The Bertz CT molecular complexity index is 1660. The number of amides is 2. The van der Waals surface area contributed by atoms with Gasteiger partial charge in [0, 0.05) is 27.0 Å². The molecule has 0 aliphatic carbocycles. The molecule has 196 valence electrons. The molecule has 2 aromatic heterocycles. The fourth-order valence-corrected chi connectivity index (χ4v) is 6.61. The third kappa shape index (κ3) is 5.20. The van der Waals surface area contributed by atoms with Crippen LogP contribution in [0.15, 0.2) is 94.9 Å². The van der Waals surface area contributed by atoms with Crippen LogP contribution >= 0.6 is 34.5 Å². The zero-order valence-corrected chi connectivity index (χ0v) is 23.2. The second-order valence-electron chi connectivity index (χ2n) is 9.51. The van der Waals surface area contributed by atoms with Crippen molar-refractivity contribution in [2.45, 2.75) is 19.0 Å². The van der Waals surface area contributed by atoms with Gasteiger partial charge in [-0.25, -0.2) is 0 Å². The molecule has 0 N–H and O–H groups in total. The minimum atomic E-state index is -0.362. The summed E-state index contributed by atoms with van der Waals surface area (Å²) in [5.41, 5.74) is 2.39. The van der Waals surface area contributed by atoms with Gasteiger partial charge >= 0.3 is 0 Å². The van der Waals surface area contributed by atoms with E-state index in [4.69, 9.17) is 27.6 Å². The molecule has 6 rings (SSSR count). The van der Waals surface area contributed by atoms with E-state index in [1.54, 1.807) is 52.8 Å². The van der Waals surface area contributed by atoms with Crippen LogP contribution < -0.4 is 0 Å². The number of rotatable bonds is 6. The molecule has 0 bridgehead atoms. The van der Waals surface area contributed by atoms with Crippen LogP contribution in [0.1, 0.15) is 38.2 Å². The van der Waals surface area contributed by atoms with E-state index >= 15 is 0 Å². The van der Waals surface area contributed by atoms with Gasteiger partial charge in [-0.2, -0.15) is 0 Å². The number of hydrogen-bond donors (Lipinski definition) is 0. The first kappa shape index (κ1) is 25.7. The summed E-state index contributed by atoms with van der Waals surface area (Å²) in [6.45, 7) is 0.594. The summed E-state index contributed by atoms with van der Waals surface area (Å²) in [4.78, 5) is 32.4. The van der Waals surface area contributed by atoms with Crippen LogP contribution in [0.2, 0.25) is 10.0 Å². The molecule has 0 fully saturated rings. The van der Waals surface area contributed by atoms with Crippen LogP contribution in [0.3, 0.4) is 0 Å². The van der Waals surface area contributed by atoms with E-state index in [-0.39, 0.29) is 30.9 Å². The van der Waals surface area contributed by atoms with Crippen molar-refractivity contribution in [3.63, 3.8) is 0 Å². The van der Waals surface area contributed by atoms with Gasteiger partial charge in [-0.15, -0.1) is 11.3 Å². The molecule has 3 heterocycles. The van der Waals surface area contributed by atoms with Crippen molar-refractivity contribution in [1.29, 1.82) is 0 Å². The molecular weight excluding hydrogens is 551 g/mol. The molecule has 1 aliphatic rings. The normalized spacial score (nSPS) is 14.8. The molecule has 1 atom stereocenters. The SMILES string of the molecule is O=C(c1ccc2ccccc2c1)N(CC(=O)N1CCc2sccc2[C@H]1c1ccc(Cl)cc1Cl)Cc1ccco1. The van der Waals surface area contributed by atoms with Crippen molar-refractivity contribution in [3.8, 4) is 0 Å². The molecule has 0 radical (unpaired) electrons. The van der Waals surface area contributed by atoms with E-state index in [0.29, 0.717) is 27.9 Å². The smallest absolute Gasteiger partial charge is 0.254 e. The fourth-order valence-electron chi connectivity index (χ4n) is 5.19. The zero-order valence-electron chi connectivity index (χ0n) is 20.8. The maximum absolute atomic E-state index is 14.0. The largest absolute Gasteiger partial charge is 0.467 e. The zero-order chi connectivity index (χ0) is 26.9. The maximum Gasteiger partial charge on any atom is 0.254 e. The van der Waals surface area contributed by atoms with E-state index < -0.39 is 0 Å². The van der Waals surface area contributed by atoms with Crippen LogP contribution in [0, 0.1) is 0 Å². The Labute approximate surface area is 240 Å². The highest BCUT2D eigenvalue weighted by Gasteiger charge is 2.35. The fraction of sp³-hybridized carbons (Fsp3) is 0.161. The summed E-state index contributed by atoms with van der Waals surface area (Å²) in [6, 6.07) is 24.1. The average Bonchev–Trinajstić information content (AvgIpc) is 3.64. The predicted molar refractivity (Wildman–Crippen MR) is 155 cm³/mol. The Balaban J connectivity index is 1.33. The molecule has 5 nitrogen and oxygen atoms in total. The number of carbonyl (C=O) groups excluding carboxylic acids is 2. The average molecular weight is 576 g/mol. The van der Waals surface area contributed by atoms with Crippen LogP contribution in [0.4, 0.5) is 0 Å². The van der Waals surface area contributed by atoms with Crippen molar-refractivity contribution >= 4 is 57.1 Å². The number of nitrogens with zero attached hydrogens (tertiary/aromatic N) is 2. The minimum Gasteiger partial charge on any atom is -0.467 e. The summed E-state index contributed by atoms with van der Waals surface area (Å²) in [5, 5.41) is 5.09. The number of carbonyl (C=O) groups is 2. The predicted octanol–water partition coefficient (Wildman–Crippen LogP) is 7.62. The third-order valence-corrected chi connectivity index (χ3v) is 8.64. The second-order valence-corrected chi connectivity index (χ2v) is 11.4. The minimum absolute atomic E-state index is 0.104. The van der Waals surface area contributed by atoms with Crippen molar-refractivity contribution in [2.75, 3.05) is 13.1 Å². The van der Waals surface area contributed by atoms with E-state index in [9.17, 15) is 9.59 Å². The van der Waals surface area contributed by atoms with Gasteiger partial charge in [0.25, 0.3) is 5.91 Å². The molecular formula is C31H24Cl2N2O3S. The lowest BCUT2D eigenvalue weighted by atomic mass is 9.93. The molecule has 8 heteroatoms. The van der Waals surface area contributed by atoms with Gasteiger partial charge in [-0.3, -0.25) is 9.59 Å². The molecule has 0 saturated carbocycles. The van der Waals surface area contributed by atoms with E-state index in [1.807, 2.05) is 52.7 Å². The van der Waals surface area contributed by atoms with E-state index in [2.05, 4.69) is 6.07 Å². The van der Waals surface area contributed by atoms with Gasteiger partial charge in [0.2, 0.25) is 5.91 Å². The lowest BCUT2D eigenvalue weighted by Crippen LogP contribution is -2.46.